The Morgan fingerprint density at radius 2 is 1.69 bits per heavy atom. The highest BCUT2D eigenvalue weighted by atomic mass is 14.0. The molecule has 0 bridgehead atoms. The molecule has 0 amide bonds. The van der Waals surface area contributed by atoms with Gasteiger partial charge in [-0.1, -0.05) is 54.5 Å². The molecule has 2 aromatic rings. The van der Waals surface area contributed by atoms with Crippen LogP contribution in [-0.4, -0.2) is 7.85 Å². The number of fused-ring (bicyclic) bond motifs is 1. The van der Waals surface area contributed by atoms with E-state index < -0.39 is 0 Å². The zero-order chi connectivity index (χ0) is 9.26. The normalized spacial score (nSPS) is 10.2. The molecule has 0 saturated carbocycles. The third-order valence-corrected chi connectivity index (χ3v) is 2.21. The standard InChI is InChI=1S/C12H9B/c1-2-9-7-8-12(13)11-6-4-3-5-10(9)11/h2-8H,1H2. The fraction of sp³-hybridized carbons (Fsp3) is 0. The van der Waals surface area contributed by atoms with Gasteiger partial charge >= 0.3 is 0 Å². The first-order chi connectivity index (χ1) is 6.33. The molecule has 2 aromatic carbocycles. The Morgan fingerprint density at radius 3 is 2.38 bits per heavy atom. The molecule has 0 spiro atoms. The summed E-state index contributed by atoms with van der Waals surface area (Å²) < 4.78 is 0. The highest BCUT2D eigenvalue weighted by Gasteiger charge is 1.98. The highest BCUT2D eigenvalue weighted by Crippen LogP contribution is 2.16. The van der Waals surface area contributed by atoms with Crippen LogP contribution in [0.1, 0.15) is 5.56 Å². The Bertz CT molecular complexity index is 458. The molecular weight excluding hydrogens is 155 g/mol. The Balaban J connectivity index is 2.92. The van der Waals surface area contributed by atoms with Gasteiger partial charge in [0.25, 0.3) is 0 Å². The van der Waals surface area contributed by atoms with Crippen LogP contribution in [0.2, 0.25) is 0 Å². The fourth-order valence-electron chi connectivity index (χ4n) is 1.52. The summed E-state index contributed by atoms with van der Waals surface area (Å²) in [5.74, 6) is 0. The maximum atomic E-state index is 5.85. The molecule has 2 rings (SSSR count). The molecule has 60 valence electrons. The van der Waals surface area contributed by atoms with Gasteiger partial charge in [-0.25, -0.2) is 0 Å². The van der Waals surface area contributed by atoms with Crippen molar-refractivity contribution in [2.75, 3.05) is 0 Å². The van der Waals surface area contributed by atoms with Crippen LogP contribution in [0, 0.1) is 0 Å². The summed E-state index contributed by atoms with van der Waals surface area (Å²) in [6.45, 7) is 3.77. The van der Waals surface area contributed by atoms with Gasteiger partial charge in [-0.2, -0.15) is 0 Å². The molecule has 13 heavy (non-hydrogen) atoms. The zero-order valence-electron chi connectivity index (χ0n) is 7.33. The summed E-state index contributed by atoms with van der Waals surface area (Å²) in [4.78, 5) is 0. The van der Waals surface area contributed by atoms with Crippen molar-refractivity contribution in [3.05, 3.63) is 48.5 Å². The number of benzene rings is 2. The van der Waals surface area contributed by atoms with E-state index in [0.29, 0.717) is 0 Å². The van der Waals surface area contributed by atoms with Crippen molar-refractivity contribution >= 4 is 30.2 Å². The molecule has 0 fully saturated rings. The van der Waals surface area contributed by atoms with Crippen molar-refractivity contribution < 1.29 is 0 Å². The van der Waals surface area contributed by atoms with Gasteiger partial charge in [-0.05, 0) is 16.3 Å². The SMILES string of the molecule is [B]c1ccc(C=C)c2ccccc12. The van der Waals surface area contributed by atoms with Crippen molar-refractivity contribution in [3.8, 4) is 0 Å². The molecule has 0 nitrogen and oxygen atoms in total. The van der Waals surface area contributed by atoms with E-state index in [4.69, 9.17) is 7.85 Å². The van der Waals surface area contributed by atoms with Gasteiger partial charge in [0.15, 0.2) is 0 Å². The lowest BCUT2D eigenvalue weighted by Crippen LogP contribution is -2.03. The second kappa shape index (κ2) is 3.10. The van der Waals surface area contributed by atoms with Crippen LogP contribution in [0.25, 0.3) is 16.8 Å². The lowest BCUT2D eigenvalue weighted by Gasteiger charge is -2.04. The van der Waals surface area contributed by atoms with E-state index in [1.807, 2.05) is 36.4 Å². The van der Waals surface area contributed by atoms with E-state index in [9.17, 15) is 0 Å². The Morgan fingerprint density at radius 1 is 1.00 bits per heavy atom. The molecule has 0 N–H and O–H groups in total. The third-order valence-electron chi connectivity index (χ3n) is 2.21. The van der Waals surface area contributed by atoms with Crippen molar-refractivity contribution in [2.24, 2.45) is 0 Å². The molecule has 0 unspecified atom stereocenters. The average molecular weight is 164 g/mol. The van der Waals surface area contributed by atoms with E-state index in [1.54, 1.807) is 0 Å². The van der Waals surface area contributed by atoms with Gasteiger partial charge in [0, 0.05) is 0 Å². The van der Waals surface area contributed by atoms with Crippen LogP contribution >= 0.6 is 0 Å². The molecule has 0 aliphatic rings. The largest absolute Gasteiger partial charge is 0.114 e. The Hall–Kier alpha value is -1.50. The molecule has 0 aliphatic heterocycles. The molecule has 0 heterocycles. The summed E-state index contributed by atoms with van der Waals surface area (Å²) in [5.41, 5.74) is 1.95. The van der Waals surface area contributed by atoms with E-state index in [0.717, 1.165) is 21.8 Å². The summed E-state index contributed by atoms with van der Waals surface area (Å²) in [5, 5.41) is 2.26. The van der Waals surface area contributed by atoms with Crippen LogP contribution in [0.15, 0.2) is 43.0 Å². The topological polar surface area (TPSA) is 0 Å². The van der Waals surface area contributed by atoms with Crippen molar-refractivity contribution in [3.63, 3.8) is 0 Å². The highest BCUT2D eigenvalue weighted by molar-refractivity contribution is 6.39. The van der Waals surface area contributed by atoms with Gasteiger partial charge < -0.3 is 0 Å². The molecule has 2 radical (unpaired) electrons. The zero-order valence-corrected chi connectivity index (χ0v) is 7.33. The van der Waals surface area contributed by atoms with E-state index in [2.05, 4.69) is 12.6 Å². The lowest BCUT2D eigenvalue weighted by molar-refractivity contribution is 1.75. The van der Waals surface area contributed by atoms with Crippen LogP contribution in [0.4, 0.5) is 0 Å². The summed E-state index contributed by atoms with van der Waals surface area (Å²) in [7, 11) is 5.85. The number of rotatable bonds is 1. The average Bonchev–Trinajstić information content (AvgIpc) is 2.19. The predicted octanol–water partition coefficient (Wildman–Crippen LogP) is 2.28. The fourth-order valence-corrected chi connectivity index (χ4v) is 1.52. The molecule has 0 atom stereocenters. The van der Waals surface area contributed by atoms with Gasteiger partial charge in [0.1, 0.15) is 7.85 Å². The second-order valence-corrected chi connectivity index (χ2v) is 2.99. The van der Waals surface area contributed by atoms with Crippen LogP contribution in [0.3, 0.4) is 0 Å². The van der Waals surface area contributed by atoms with E-state index >= 15 is 0 Å². The minimum absolute atomic E-state index is 0.821. The van der Waals surface area contributed by atoms with E-state index in [1.165, 1.54) is 0 Å². The molecule has 0 aliphatic carbocycles. The number of hydrogen-bond acceptors (Lipinski definition) is 0. The van der Waals surface area contributed by atoms with Crippen molar-refractivity contribution in [1.29, 1.82) is 0 Å². The van der Waals surface area contributed by atoms with Gasteiger partial charge in [-0.3, -0.25) is 0 Å². The maximum absolute atomic E-state index is 5.85. The second-order valence-electron chi connectivity index (χ2n) is 2.99. The smallest absolute Gasteiger partial charge is 0.0984 e. The molecule has 0 aromatic heterocycles. The minimum atomic E-state index is 0.821. The van der Waals surface area contributed by atoms with Gasteiger partial charge in [0.2, 0.25) is 0 Å². The summed E-state index contributed by atoms with van der Waals surface area (Å²) in [6, 6.07) is 12.0. The summed E-state index contributed by atoms with van der Waals surface area (Å²) in [6.07, 6.45) is 1.85. The van der Waals surface area contributed by atoms with E-state index in [-0.39, 0.29) is 0 Å². The van der Waals surface area contributed by atoms with Crippen molar-refractivity contribution in [2.45, 2.75) is 0 Å². The lowest BCUT2D eigenvalue weighted by atomic mass is 9.88. The van der Waals surface area contributed by atoms with Crippen LogP contribution in [-0.2, 0) is 0 Å². The van der Waals surface area contributed by atoms with Crippen LogP contribution < -0.4 is 5.46 Å². The van der Waals surface area contributed by atoms with Gasteiger partial charge in [-0.15, -0.1) is 0 Å². The Labute approximate surface area is 79.3 Å². The van der Waals surface area contributed by atoms with Gasteiger partial charge in [0.05, 0.1) is 0 Å². The van der Waals surface area contributed by atoms with Crippen molar-refractivity contribution in [1.82, 2.24) is 0 Å². The first-order valence-electron chi connectivity index (χ1n) is 4.22. The molecular formula is C12H9B. The monoisotopic (exact) mass is 164 g/mol. The minimum Gasteiger partial charge on any atom is -0.0984 e. The molecule has 0 saturated heterocycles. The first-order valence-corrected chi connectivity index (χ1v) is 4.22. The quantitative estimate of drug-likeness (QED) is 0.567. The summed E-state index contributed by atoms with van der Waals surface area (Å²) >= 11 is 0. The van der Waals surface area contributed by atoms with Crippen LogP contribution in [0.5, 0.6) is 0 Å². The first kappa shape index (κ1) is 8.12. The Kier molecular flexibility index (Phi) is 1.93. The maximum Gasteiger partial charge on any atom is 0.114 e. The number of hydrogen-bond donors (Lipinski definition) is 0. The third kappa shape index (κ3) is 1.27. The molecule has 1 heteroatoms. The predicted molar refractivity (Wildman–Crippen MR) is 59.4 cm³/mol.